The molecule has 2 nitrogen and oxygen atoms in total. The van der Waals surface area contributed by atoms with Crippen molar-refractivity contribution >= 4 is 8.41 Å². The minimum atomic E-state index is -0.297. The summed E-state index contributed by atoms with van der Waals surface area (Å²) in [5, 5.41) is 10.5. The first-order valence-corrected chi connectivity index (χ1v) is 5.91. The zero-order chi connectivity index (χ0) is 9.97. The molecular weight excluding hydrogens is 185 g/mol. The molecule has 0 spiro atoms. The molecule has 3 heteroatoms. The van der Waals surface area contributed by atoms with Crippen molar-refractivity contribution < 1.29 is 5.11 Å². The van der Waals surface area contributed by atoms with Crippen molar-refractivity contribution in [2.75, 3.05) is 14.1 Å². The molecule has 0 aromatic rings. The van der Waals surface area contributed by atoms with Crippen molar-refractivity contribution in [1.29, 1.82) is 0 Å². The summed E-state index contributed by atoms with van der Waals surface area (Å²) in [5.74, 6) is 1.62. The number of hydrogen-bond acceptors (Lipinski definition) is 2. The second kappa shape index (κ2) is 3.24. The van der Waals surface area contributed by atoms with Gasteiger partial charge in [-0.05, 0) is 64.5 Å². The number of hydrogen-bond donors (Lipinski definition) is 1. The first-order chi connectivity index (χ1) is 6.51. The quantitative estimate of drug-likeness (QED) is 0.652. The Balaban J connectivity index is 0.000000853. The smallest absolute Gasteiger partial charge is 0.0670 e. The Labute approximate surface area is 94.6 Å². The molecule has 2 unspecified atom stereocenters. The highest BCUT2D eigenvalue weighted by Gasteiger charge is 2.57. The average Bonchev–Trinajstić information content (AvgIpc) is 1.98. The van der Waals surface area contributed by atoms with Crippen LogP contribution in [0.1, 0.15) is 38.5 Å². The molecule has 4 aliphatic carbocycles. The van der Waals surface area contributed by atoms with Gasteiger partial charge in [-0.25, -0.2) is 0 Å². The number of rotatable bonds is 1. The standard InChI is InChI=1S/C12H21NO.B/c1-13(2)11-4-9-3-10(5-11)7-12(14,6-9)8-11;/h9-10,14H,3-8H2,1-2H3;. The summed E-state index contributed by atoms with van der Waals surface area (Å²) >= 11 is 0. The fourth-order valence-corrected chi connectivity index (χ4v) is 4.69. The highest BCUT2D eigenvalue weighted by molar-refractivity contribution is 5.75. The molecule has 2 atom stereocenters. The summed E-state index contributed by atoms with van der Waals surface area (Å²) in [6, 6.07) is 0. The Morgan fingerprint density at radius 1 is 1.07 bits per heavy atom. The van der Waals surface area contributed by atoms with Gasteiger partial charge in [-0.15, -0.1) is 0 Å². The highest BCUT2D eigenvalue weighted by Crippen LogP contribution is 2.58. The topological polar surface area (TPSA) is 23.5 Å². The first-order valence-electron chi connectivity index (χ1n) is 5.91. The Morgan fingerprint density at radius 2 is 1.60 bits per heavy atom. The molecule has 0 amide bonds. The lowest BCUT2D eigenvalue weighted by Gasteiger charge is -2.62. The van der Waals surface area contributed by atoms with Crippen LogP contribution in [-0.4, -0.2) is 43.7 Å². The van der Waals surface area contributed by atoms with Crippen LogP contribution in [0.15, 0.2) is 0 Å². The van der Waals surface area contributed by atoms with Crippen LogP contribution in [0.25, 0.3) is 0 Å². The molecular formula is C12H21BNO. The van der Waals surface area contributed by atoms with E-state index in [-0.39, 0.29) is 14.0 Å². The van der Waals surface area contributed by atoms with Gasteiger partial charge >= 0.3 is 0 Å². The molecule has 4 saturated carbocycles. The van der Waals surface area contributed by atoms with Crippen LogP contribution in [-0.2, 0) is 0 Å². The van der Waals surface area contributed by atoms with Gasteiger partial charge in [0.15, 0.2) is 0 Å². The average molecular weight is 206 g/mol. The molecule has 0 heterocycles. The van der Waals surface area contributed by atoms with E-state index in [1.165, 1.54) is 19.3 Å². The van der Waals surface area contributed by atoms with Crippen molar-refractivity contribution in [3.05, 3.63) is 0 Å². The lowest BCUT2D eigenvalue weighted by molar-refractivity contribution is -0.167. The van der Waals surface area contributed by atoms with Crippen LogP contribution in [0.4, 0.5) is 0 Å². The van der Waals surface area contributed by atoms with Crippen LogP contribution in [0.3, 0.4) is 0 Å². The Morgan fingerprint density at radius 3 is 2.00 bits per heavy atom. The Bertz CT molecular complexity index is 252. The van der Waals surface area contributed by atoms with Crippen molar-refractivity contribution in [3.8, 4) is 0 Å². The molecule has 0 aromatic carbocycles. The third kappa shape index (κ3) is 1.55. The zero-order valence-corrected chi connectivity index (χ0v) is 9.87. The predicted octanol–water partition coefficient (Wildman–Crippen LogP) is 1.25. The van der Waals surface area contributed by atoms with E-state index >= 15 is 0 Å². The molecule has 0 saturated heterocycles. The van der Waals surface area contributed by atoms with Crippen LogP contribution >= 0.6 is 0 Å². The summed E-state index contributed by atoms with van der Waals surface area (Å²) < 4.78 is 0. The first kappa shape index (κ1) is 11.5. The van der Waals surface area contributed by atoms with Crippen LogP contribution in [0, 0.1) is 11.8 Å². The molecule has 4 fully saturated rings. The Kier molecular flexibility index (Phi) is 2.48. The van der Waals surface area contributed by atoms with Gasteiger partial charge in [0.05, 0.1) is 5.60 Å². The molecule has 1 N–H and O–H groups in total. The van der Waals surface area contributed by atoms with Gasteiger partial charge in [-0.3, -0.25) is 0 Å². The predicted molar refractivity (Wildman–Crippen MR) is 61.8 cm³/mol. The monoisotopic (exact) mass is 206 g/mol. The summed E-state index contributed by atoms with van der Waals surface area (Å²) in [6.07, 6.45) is 7.24. The number of nitrogens with zero attached hydrogens (tertiary/aromatic N) is 1. The summed E-state index contributed by atoms with van der Waals surface area (Å²) in [4.78, 5) is 2.38. The largest absolute Gasteiger partial charge is 0.390 e. The van der Waals surface area contributed by atoms with Crippen molar-refractivity contribution in [2.45, 2.75) is 49.7 Å². The molecule has 4 rings (SSSR count). The van der Waals surface area contributed by atoms with Crippen molar-refractivity contribution in [3.63, 3.8) is 0 Å². The summed E-state index contributed by atoms with van der Waals surface area (Å²) in [5.41, 5.74) is 0.0488. The van der Waals surface area contributed by atoms with Gasteiger partial charge in [-0.2, -0.15) is 0 Å². The normalized spacial score (nSPS) is 52.0. The van der Waals surface area contributed by atoms with Crippen LogP contribution < -0.4 is 0 Å². The maximum absolute atomic E-state index is 10.5. The minimum Gasteiger partial charge on any atom is -0.390 e. The van der Waals surface area contributed by atoms with E-state index in [1.54, 1.807) is 0 Å². The molecule has 0 aromatic heterocycles. The molecule has 3 radical (unpaired) electrons. The number of aliphatic hydroxyl groups is 1. The van der Waals surface area contributed by atoms with Gasteiger partial charge in [-0.1, -0.05) is 0 Å². The van der Waals surface area contributed by atoms with E-state index in [0.717, 1.165) is 31.1 Å². The fraction of sp³-hybridized carbons (Fsp3) is 1.00. The fourth-order valence-electron chi connectivity index (χ4n) is 4.69. The van der Waals surface area contributed by atoms with Gasteiger partial charge in [0.1, 0.15) is 0 Å². The maximum Gasteiger partial charge on any atom is 0.0670 e. The lowest BCUT2D eigenvalue weighted by atomic mass is 9.51. The van der Waals surface area contributed by atoms with E-state index in [4.69, 9.17) is 0 Å². The Hall–Kier alpha value is -0.0151. The van der Waals surface area contributed by atoms with Crippen LogP contribution in [0.2, 0.25) is 0 Å². The maximum atomic E-state index is 10.5. The lowest BCUT2D eigenvalue weighted by Crippen LogP contribution is -2.63. The SMILES string of the molecule is CN(C)C12CC3CC(CC(O)(C3)C1)C2.[B]. The second-order valence-corrected chi connectivity index (χ2v) is 6.30. The van der Waals surface area contributed by atoms with E-state index in [9.17, 15) is 5.11 Å². The van der Waals surface area contributed by atoms with Gasteiger partial charge < -0.3 is 10.0 Å². The van der Waals surface area contributed by atoms with Crippen molar-refractivity contribution in [1.82, 2.24) is 4.90 Å². The van der Waals surface area contributed by atoms with E-state index < -0.39 is 0 Å². The molecule has 4 bridgehead atoms. The van der Waals surface area contributed by atoms with E-state index in [2.05, 4.69) is 19.0 Å². The molecule has 83 valence electrons. The van der Waals surface area contributed by atoms with E-state index in [1.807, 2.05) is 0 Å². The summed E-state index contributed by atoms with van der Waals surface area (Å²) in [7, 11) is 4.38. The van der Waals surface area contributed by atoms with Gasteiger partial charge in [0.25, 0.3) is 0 Å². The minimum absolute atomic E-state index is 0. The molecule has 15 heavy (non-hydrogen) atoms. The van der Waals surface area contributed by atoms with Crippen molar-refractivity contribution in [2.24, 2.45) is 11.8 Å². The third-order valence-corrected chi connectivity index (χ3v) is 4.95. The summed E-state index contributed by atoms with van der Waals surface area (Å²) in [6.45, 7) is 0. The third-order valence-electron chi connectivity index (χ3n) is 4.95. The second-order valence-electron chi connectivity index (χ2n) is 6.30. The van der Waals surface area contributed by atoms with Gasteiger partial charge in [0, 0.05) is 14.0 Å². The molecule has 4 aliphatic rings. The van der Waals surface area contributed by atoms with Crippen LogP contribution in [0.5, 0.6) is 0 Å². The highest BCUT2D eigenvalue weighted by atomic mass is 16.3. The van der Waals surface area contributed by atoms with E-state index in [0.29, 0.717) is 5.54 Å². The van der Waals surface area contributed by atoms with Gasteiger partial charge in [0.2, 0.25) is 0 Å². The molecule has 0 aliphatic heterocycles. The zero-order valence-electron chi connectivity index (χ0n) is 9.87.